The van der Waals surface area contributed by atoms with Gasteiger partial charge in [-0.3, -0.25) is 10.1 Å². The van der Waals surface area contributed by atoms with Crippen LogP contribution < -0.4 is 10.0 Å². The van der Waals surface area contributed by atoms with Crippen molar-refractivity contribution in [2.24, 2.45) is 0 Å². The maximum atomic E-state index is 12.1. The number of hydrogen-bond donors (Lipinski definition) is 2. The zero-order chi connectivity index (χ0) is 15.9. The quantitative estimate of drug-likeness (QED) is 0.404. The van der Waals surface area contributed by atoms with E-state index in [-0.39, 0.29) is 22.8 Å². The first-order valence-corrected chi connectivity index (χ1v) is 7.94. The first kappa shape index (κ1) is 17.3. The third-order valence-electron chi connectivity index (χ3n) is 2.71. The lowest BCUT2D eigenvalue weighted by molar-refractivity contribution is -0.384. The van der Waals surface area contributed by atoms with Gasteiger partial charge >= 0.3 is 0 Å². The molecule has 0 bridgehead atoms. The summed E-state index contributed by atoms with van der Waals surface area (Å²) >= 11 is 0. The van der Waals surface area contributed by atoms with Crippen molar-refractivity contribution in [3.05, 3.63) is 28.3 Å². The molecule has 0 amide bonds. The molecule has 1 aromatic rings. The molecule has 0 saturated heterocycles. The Balaban J connectivity index is 2.81. The fraction of sp³-hybridized carbons (Fsp3) is 0.500. The number of ether oxygens (including phenoxy) is 1. The van der Waals surface area contributed by atoms with Gasteiger partial charge < -0.3 is 10.1 Å². The minimum atomic E-state index is -3.69. The van der Waals surface area contributed by atoms with Gasteiger partial charge in [0.25, 0.3) is 5.69 Å². The number of sulfonamides is 1. The molecule has 0 radical (unpaired) electrons. The normalized spacial score (nSPS) is 11.3. The van der Waals surface area contributed by atoms with Gasteiger partial charge in [0.1, 0.15) is 5.69 Å². The summed E-state index contributed by atoms with van der Waals surface area (Å²) in [6.07, 6.45) is 0.555. The van der Waals surface area contributed by atoms with Crippen molar-refractivity contribution < 1.29 is 18.1 Å². The maximum Gasteiger partial charge on any atom is 0.292 e. The highest BCUT2D eigenvalue weighted by Gasteiger charge is 2.19. The van der Waals surface area contributed by atoms with Crippen LogP contribution in [0.2, 0.25) is 0 Å². The molecule has 0 heterocycles. The number of nitrogens with one attached hydrogen (secondary N) is 2. The van der Waals surface area contributed by atoms with Gasteiger partial charge in [-0.2, -0.15) is 0 Å². The summed E-state index contributed by atoms with van der Waals surface area (Å²) in [7, 11) is -2.20. The van der Waals surface area contributed by atoms with Crippen LogP contribution in [0.1, 0.15) is 13.3 Å². The van der Waals surface area contributed by atoms with Gasteiger partial charge in [0, 0.05) is 32.9 Å². The number of anilines is 1. The van der Waals surface area contributed by atoms with Gasteiger partial charge in [-0.05, 0) is 25.5 Å². The Morgan fingerprint density at radius 2 is 2.10 bits per heavy atom. The summed E-state index contributed by atoms with van der Waals surface area (Å²) in [5.74, 6) is 0. The molecule has 0 aromatic heterocycles. The number of hydrogen-bond acceptors (Lipinski definition) is 6. The second-order valence-corrected chi connectivity index (χ2v) is 5.90. The van der Waals surface area contributed by atoms with Crippen LogP contribution in [0.3, 0.4) is 0 Å². The molecule has 21 heavy (non-hydrogen) atoms. The second kappa shape index (κ2) is 7.91. The fourth-order valence-corrected chi connectivity index (χ4v) is 2.75. The predicted molar refractivity (Wildman–Crippen MR) is 78.9 cm³/mol. The van der Waals surface area contributed by atoms with Crippen molar-refractivity contribution in [3.8, 4) is 0 Å². The molecule has 1 aromatic carbocycles. The largest absolute Gasteiger partial charge is 0.383 e. The van der Waals surface area contributed by atoms with Crippen LogP contribution >= 0.6 is 0 Å². The molecule has 0 aliphatic rings. The summed E-state index contributed by atoms with van der Waals surface area (Å²) in [5.41, 5.74) is -0.0232. The summed E-state index contributed by atoms with van der Waals surface area (Å²) in [6, 6.07) is 3.62. The Morgan fingerprint density at radius 3 is 2.67 bits per heavy atom. The molecule has 0 aliphatic carbocycles. The highest BCUT2D eigenvalue weighted by Crippen LogP contribution is 2.26. The van der Waals surface area contributed by atoms with Crippen LogP contribution in [0.15, 0.2) is 23.1 Å². The van der Waals surface area contributed by atoms with E-state index >= 15 is 0 Å². The molecule has 0 unspecified atom stereocenters. The third kappa shape index (κ3) is 4.96. The lowest BCUT2D eigenvalue weighted by atomic mass is 10.3. The number of nitro benzene ring substituents is 1. The highest BCUT2D eigenvalue weighted by molar-refractivity contribution is 7.89. The smallest absolute Gasteiger partial charge is 0.292 e. The monoisotopic (exact) mass is 317 g/mol. The molecular weight excluding hydrogens is 298 g/mol. The first-order chi connectivity index (χ1) is 9.92. The molecule has 2 N–H and O–H groups in total. The van der Waals surface area contributed by atoms with Crippen LogP contribution in [0.25, 0.3) is 0 Å². The van der Waals surface area contributed by atoms with Crippen molar-refractivity contribution in [2.45, 2.75) is 18.2 Å². The molecule has 0 aliphatic heterocycles. The number of nitrogens with zero attached hydrogens (tertiary/aromatic N) is 1. The van der Waals surface area contributed by atoms with Gasteiger partial charge in [-0.15, -0.1) is 0 Å². The minimum Gasteiger partial charge on any atom is -0.383 e. The average molecular weight is 317 g/mol. The van der Waals surface area contributed by atoms with Gasteiger partial charge in [0.15, 0.2) is 0 Å². The third-order valence-corrected chi connectivity index (χ3v) is 4.16. The van der Waals surface area contributed by atoms with E-state index in [1.807, 2.05) is 6.92 Å². The zero-order valence-corrected chi connectivity index (χ0v) is 12.8. The van der Waals surface area contributed by atoms with E-state index in [4.69, 9.17) is 4.74 Å². The summed E-state index contributed by atoms with van der Waals surface area (Å²) in [5, 5.41) is 13.4. The van der Waals surface area contributed by atoms with Gasteiger partial charge in [-0.1, -0.05) is 0 Å². The highest BCUT2D eigenvalue weighted by atomic mass is 32.2. The predicted octanol–water partition coefficient (Wildman–Crippen LogP) is 1.34. The van der Waals surface area contributed by atoms with E-state index in [0.29, 0.717) is 19.6 Å². The van der Waals surface area contributed by atoms with Gasteiger partial charge in [0.2, 0.25) is 10.0 Å². The van der Waals surface area contributed by atoms with Crippen molar-refractivity contribution >= 4 is 21.4 Å². The molecular formula is C12H19N3O5S. The summed E-state index contributed by atoms with van der Waals surface area (Å²) in [4.78, 5) is 10.2. The summed E-state index contributed by atoms with van der Waals surface area (Å²) < 4.78 is 31.7. The van der Waals surface area contributed by atoms with E-state index in [9.17, 15) is 18.5 Å². The molecule has 0 saturated carbocycles. The standard InChI is InChI=1S/C12H19N3O5S/c1-3-20-8-4-7-14-21(18,19)10-5-6-12(15(16)17)11(9-10)13-2/h5-6,9,13-14H,3-4,7-8H2,1-2H3. The molecule has 8 nitrogen and oxygen atoms in total. The molecule has 0 atom stereocenters. The van der Waals surface area contributed by atoms with Crippen molar-refractivity contribution in [1.82, 2.24) is 4.72 Å². The van der Waals surface area contributed by atoms with Crippen LogP contribution in [0.4, 0.5) is 11.4 Å². The lowest BCUT2D eigenvalue weighted by Crippen LogP contribution is -2.25. The lowest BCUT2D eigenvalue weighted by Gasteiger charge is -2.09. The van der Waals surface area contributed by atoms with Gasteiger partial charge in [-0.25, -0.2) is 13.1 Å². The molecule has 0 fully saturated rings. The van der Waals surface area contributed by atoms with E-state index in [1.165, 1.54) is 25.2 Å². The van der Waals surface area contributed by atoms with E-state index in [2.05, 4.69) is 10.0 Å². The Bertz CT molecular complexity index is 589. The molecule has 118 valence electrons. The second-order valence-electron chi connectivity index (χ2n) is 4.13. The molecule has 1 rings (SSSR count). The first-order valence-electron chi connectivity index (χ1n) is 6.46. The Labute approximate surface area is 123 Å². The Hall–Kier alpha value is -1.71. The number of nitro groups is 1. The maximum absolute atomic E-state index is 12.1. The van der Waals surface area contributed by atoms with Crippen molar-refractivity contribution in [3.63, 3.8) is 0 Å². The topological polar surface area (TPSA) is 111 Å². The zero-order valence-electron chi connectivity index (χ0n) is 12.0. The van der Waals surface area contributed by atoms with Crippen molar-refractivity contribution in [2.75, 3.05) is 32.1 Å². The van der Waals surface area contributed by atoms with Crippen LogP contribution in [-0.2, 0) is 14.8 Å². The average Bonchev–Trinajstić information content (AvgIpc) is 2.46. The molecule has 9 heteroatoms. The Kier molecular flexibility index (Phi) is 6.53. The van der Waals surface area contributed by atoms with Crippen molar-refractivity contribution in [1.29, 1.82) is 0 Å². The van der Waals surface area contributed by atoms with E-state index in [1.54, 1.807) is 0 Å². The number of rotatable bonds is 9. The Morgan fingerprint density at radius 1 is 1.38 bits per heavy atom. The van der Waals surface area contributed by atoms with Crippen LogP contribution in [-0.4, -0.2) is 40.1 Å². The fourth-order valence-electron chi connectivity index (χ4n) is 1.65. The van der Waals surface area contributed by atoms with Crippen LogP contribution in [0, 0.1) is 10.1 Å². The van der Waals surface area contributed by atoms with Gasteiger partial charge in [0.05, 0.1) is 9.82 Å². The summed E-state index contributed by atoms with van der Waals surface area (Å²) in [6.45, 7) is 3.16. The van der Waals surface area contributed by atoms with Crippen LogP contribution in [0.5, 0.6) is 0 Å². The SMILES string of the molecule is CCOCCCNS(=O)(=O)c1ccc([N+](=O)[O-])c(NC)c1. The molecule has 0 spiro atoms. The minimum absolute atomic E-state index is 0.0196. The number of benzene rings is 1. The van der Waals surface area contributed by atoms with E-state index < -0.39 is 14.9 Å². The van der Waals surface area contributed by atoms with E-state index in [0.717, 1.165) is 0 Å².